The van der Waals surface area contributed by atoms with Crippen molar-refractivity contribution >= 4 is 17.5 Å². The Morgan fingerprint density at radius 3 is 2.43 bits per heavy atom. The van der Waals surface area contributed by atoms with E-state index in [1.807, 2.05) is 19.9 Å². The Labute approximate surface area is 121 Å². The van der Waals surface area contributed by atoms with Gasteiger partial charge in [-0.1, -0.05) is 0 Å². The van der Waals surface area contributed by atoms with E-state index >= 15 is 0 Å². The first kappa shape index (κ1) is 13.5. The minimum Gasteiger partial charge on any atom is -0.274 e. The molecular formula is C15H14FN3O2. The molecule has 2 amide bonds. The predicted molar refractivity (Wildman–Crippen MR) is 74.2 cm³/mol. The van der Waals surface area contributed by atoms with E-state index in [1.165, 1.54) is 24.3 Å². The number of hydrogen-bond acceptors (Lipinski definition) is 3. The molecule has 0 unspecified atom stereocenters. The van der Waals surface area contributed by atoms with Gasteiger partial charge in [0.05, 0.1) is 17.8 Å². The third-order valence-electron chi connectivity index (χ3n) is 3.55. The second-order valence-electron chi connectivity index (χ2n) is 5.14. The number of anilines is 1. The number of amides is 2. The van der Waals surface area contributed by atoms with E-state index in [0.717, 1.165) is 16.3 Å². The molecule has 1 atom stereocenters. The Hall–Kier alpha value is -2.50. The van der Waals surface area contributed by atoms with Crippen LogP contribution in [0.5, 0.6) is 0 Å². The molecule has 1 aliphatic heterocycles. The van der Waals surface area contributed by atoms with Crippen LogP contribution < -0.4 is 4.90 Å². The molecule has 0 saturated carbocycles. The van der Waals surface area contributed by atoms with Gasteiger partial charge in [0.2, 0.25) is 5.91 Å². The summed E-state index contributed by atoms with van der Waals surface area (Å²) in [6.07, 6.45) is 0.0676. The first-order valence-electron chi connectivity index (χ1n) is 6.62. The fourth-order valence-corrected chi connectivity index (χ4v) is 2.63. The molecule has 0 spiro atoms. The zero-order valence-electron chi connectivity index (χ0n) is 11.7. The largest absolute Gasteiger partial charge is 0.274 e. The van der Waals surface area contributed by atoms with E-state index < -0.39 is 11.9 Å². The molecule has 21 heavy (non-hydrogen) atoms. The average Bonchev–Trinajstić information content (AvgIpc) is 2.91. The third-order valence-corrected chi connectivity index (χ3v) is 3.55. The van der Waals surface area contributed by atoms with Crippen LogP contribution in [0.1, 0.15) is 23.9 Å². The van der Waals surface area contributed by atoms with Gasteiger partial charge in [-0.15, -0.1) is 0 Å². The SMILES string of the molecule is Cc1cc(C)n([C@H]2CC(=O)N(c3ccc(F)cc3)C2=O)n1. The maximum atomic E-state index is 13.0. The molecular weight excluding hydrogens is 273 g/mol. The number of benzene rings is 1. The second-order valence-corrected chi connectivity index (χ2v) is 5.14. The van der Waals surface area contributed by atoms with Crippen LogP contribution in [0, 0.1) is 19.7 Å². The van der Waals surface area contributed by atoms with Gasteiger partial charge in [-0.05, 0) is 44.2 Å². The summed E-state index contributed by atoms with van der Waals surface area (Å²) in [6, 6.07) is 6.54. The third kappa shape index (κ3) is 2.22. The van der Waals surface area contributed by atoms with Crippen LogP contribution in [0.25, 0.3) is 0 Å². The summed E-state index contributed by atoms with van der Waals surface area (Å²) >= 11 is 0. The van der Waals surface area contributed by atoms with Crippen molar-refractivity contribution < 1.29 is 14.0 Å². The summed E-state index contributed by atoms with van der Waals surface area (Å²) in [5.74, 6) is -1.05. The Kier molecular flexibility index (Phi) is 3.08. The summed E-state index contributed by atoms with van der Waals surface area (Å²) in [4.78, 5) is 25.8. The van der Waals surface area contributed by atoms with Gasteiger partial charge in [0.15, 0.2) is 0 Å². The lowest BCUT2D eigenvalue weighted by molar-refractivity contribution is -0.122. The van der Waals surface area contributed by atoms with Gasteiger partial charge < -0.3 is 0 Å². The number of carbonyl (C=O) groups excluding carboxylic acids is 2. The van der Waals surface area contributed by atoms with Gasteiger partial charge in [-0.2, -0.15) is 5.10 Å². The molecule has 0 radical (unpaired) electrons. The highest BCUT2D eigenvalue weighted by molar-refractivity contribution is 6.21. The van der Waals surface area contributed by atoms with Gasteiger partial charge in [-0.25, -0.2) is 9.29 Å². The first-order valence-corrected chi connectivity index (χ1v) is 6.62. The quantitative estimate of drug-likeness (QED) is 0.795. The number of imide groups is 1. The van der Waals surface area contributed by atoms with Crippen molar-refractivity contribution in [2.75, 3.05) is 4.90 Å². The number of rotatable bonds is 2. The molecule has 108 valence electrons. The highest BCUT2D eigenvalue weighted by Gasteiger charge is 2.41. The van der Waals surface area contributed by atoms with Crippen molar-refractivity contribution in [2.45, 2.75) is 26.3 Å². The minimum absolute atomic E-state index is 0.0676. The van der Waals surface area contributed by atoms with E-state index in [-0.39, 0.29) is 18.2 Å². The van der Waals surface area contributed by atoms with Crippen LogP contribution in [0.2, 0.25) is 0 Å². The van der Waals surface area contributed by atoms with E-state index in [9.17, 15) is 14.0 Å². The van der Waals surface area contributed by atoms with Crippen molar-refractivity contribution in [3.05, 3.63) is 47.5 Å². The fraction of sp³-hybridized carbons (Fsp3) is 0.267. The molecule has 1 aromatic carbocycles. The number of hydrogen-bond donors (Lipinski definition) is 0. The van der Waals surface area contributed by atoms with E-state index in [4.69, 9.17) is 0 Å². The molecule has 0 aliphatic carbocycles. The average molecular weight is 287 g/mol. The highest BCUT2D eigenvalue weighted by atomic mass is 19.1. The predicted octanol–water partition coefficient (Wildman–Crippen LogP) is 2.14. The Morgan fingerprint density at radius 1 is 1.19 bits per heavy atom. The number of aryl methyl sites for hydroxylation is 2. The van der Waals surface area contributed by atoms with Crippen molar-refractivity contribution in [1.82, 2.24) is 9.78 Å². The lowest BCUT2D eigenvalue weighted by Gasteiger charge is -2.15. The van der Waals surface area contributed by atoms with E-state index in [0.29, 0.717) is 5.69 Å². The monoisotopic (exact) mass is 287 g/mol. The number of carbonyl (C=O) groups is 2. The zero-order chi connectivity index (χ0) is 15.1. The highest BCUT2D eigenvalue weighted by Crippen LogP contribution is 2.30. The van der Waals surface area contributed by atoms with Crippen molar-refractivity contribution in [3.8, 4) is 0 Å². The van der Waals surface area contributed by atoms with Crippen LogP contribution >= 0.6 is 0 Å². The maximum absolute atomic E-state index is 13.0. The first-order chi connectivity index (χ1) is 9.97. The molecule has 3 rings (SSSR count). The smallest absolute Gasteiger partial charge is 0.259 e. The Bertz CT molecular complexity index is 721. The Balaban J connectivity index is 1.95. The lowest BCUT2D eigenvalue weighted by atomic mass is 10.2. The zero-order valence-corrected chi connectivity index (χ0v) is 11.7. The minimum atomic E-state index is -0.628. The van der Waals surface area contributed by atoms with Crippen LogP contribution in [0.15, 0.2) is 30.3 Å². The summed E-state index contributed by atoms with van der Waals surface area (Å²) < 4.78 is 14.5. The molecule has 6 heteroatoms. The topological polar surface area (TPSA) is 55.2 Å². The number of aromatic nitrogens is 2. The molecule has 1 aromatic heterocycles. The molecule has 5 nitrogen and oxygen atoms in total. The molecule has 0 bridgehead atoms. The van der Waals surface area contributed by atoms with Crippen LogP contribution in [0.3, 0.4) is 0 Å². The van der Waals surface area contributed by atoms with Gasteiger partial charge in [0, 0.05) is 5.69 Å². The van der Waals surface area contributed by atoms with Gasteiger partial charge in [-0.3, -0.25) is 14.3 Å². The standard InChI is InChI=1S/C15H14FN3O2/c1-9-7-10(2)19(17-9)13-8-14(20)18(15(13)21)12-5-3-11(16)4-6-12/h3-7,13H,8H2,1-2H3/t13-/m0/s1. The molecule has 1 saturated heterocycles. The molecule has 2 heterocycles. The Morgan fingerprint density at radius 2 is 1.86 bits per heavy atom. The summed E-state index contributed by atoms with van der Waals surface area (Å²) in [5.41, 5.74) is 2.02. The fourth-order valence-electron chi connectivity index (χ4n) is 2.63. The second kappa shape index (κ2) is 4.80. The van der Waals surface area contributed by atoms with Crippen LogP contribution in [0.4, 0.5) is 10.1 Å². The summed E-state index contributed by atoms with van der Waals surface area (Å²) in [5, 5.41) is 4.28. The lowest BCUT2D eigenvalue weighted by Crippen LogP contribution is -2.31. The van der Waals surface area contributed by atoms with Gasteiger partial charge >= 0.3 is 0 Å². The summed E-state index contributed by atoms with van der Waals surface area (Å²) in [6.45, 7) is 3.68. The van der Waals surface area contributed by atoms with E-state index in [2.05, 4.69) is 5.10 Å². The van der Waals surface area contributed by atoms with E-state index in [1.54, 1.807) is 4.68 Å². The number of nitrogens with zero attached hydrogens (tertiary/aromatic N) is 3. The number of halogens is 1. The maximum Gasteiger partial charge on any atom is 0.259 e. The van der Waals surface area contributed by atoms with Crippen molar-refractivity contribution in [3.63, 3.8) is 0 Å². The van der Waals surface area contributed by atoms with Gasteiger partial charge in [0.1, 0.15) is 11.9 Å². The molecule has 2 aromatic rings. The van der Waals surface area contributed by atoms with Crippen molar-refractivity contribution in [2.24, 2.45) is 0 Å². The molecule has 1 aliphatic rings. The molecule has 1 fully saturated rings. The van der Waals surface area contributed by atoms with Gasteiger partial charge in [0.25, 0.3) is 5.91 Å². The van der Waals surface area contributed by atoms with Crippen molar-refractivity contribution in [1.29, 1.82) is 0 Å². The molecule has 0 N–H and O–H groups in total. The van der Waals surface area contributed by atoms with Crippen LogP contribution in [-0.2, 0) is 9.59 Å². The van der Waals surface area contributed by atoms with Crippen LogP contribution in [-0.4, -0.2) is 21.6 Å². The normalized spacial score (nSPS) is 18.6. The summed E-state index contributed by atoms with van der Waals surface area (Å²) in [7, 11) is 0.